The molecule has 1 heterocycles. The van der Waals surface area contributed by atoms with E-state index in [4.69, 9.17) is 34.3 Å². The number of amides is 2. The summed E-state index contributed by atoms with van der Waals surface area (Å²) in [7, 11) is 8.13. The quantitative estimate of drug-likeness (QED) is 0.0514. The number of hydrogen-bond donors (Lipinski definition) is 5. The number of allylic oxidation sites excluding steroid dienone is 8. The molecule has 6 unspecified atom stereocenters. The van der Waals surface area contributed by atoms with Gasteiger partial charge in [0.1, 0.15) is 37.0 Å². The molecule has 460 valence electrons. The van der Waals surface area contributed by atoms with Crippen LogP contribution in [0.2, 0.25) is 0 Å². The van der Waals surface area contributed by atoms with Gasteiger partial charge in [-0.25, -0.2) is 4.79 Å². The van der Waals surface area contributed by atoms with Gasteiger partial charge in [-0.15, -0.1) is 4.91 Å². The molecule has 1 aliphatic heterocycles. The minimum absolute atomic E-state index is 0.0544. The molecule has 3 fully saturated rings. The summed E-state index contributed by atoms with van der Waals surface area (Å²) < 4.78 is 21.3. The number of fused-ring (bicyclic) bond motifs is 5. The maximum atomic E-state index is 13.6. The number of aliphatic carboxylic acids is 3. The number of aliphatic hydroxyl groups is 1. The Kier molecular flexibility index (Phi) is 41.3. The molecule has 2 amide bonds. The molecule has 2 saturated carbocycles. The molecule has 21 nitrogen and oxygen atoms in total. The minimum atomic E-state index is -1.25. The topological polar surface area (TPSA) is 316 Å². The lowest BCUT2D eigenvalue weighted by Crippen LogP contribution is -2.69. The number of aldehydes is 2. The van der Waals surface area contributed by atoms with Crippen LogP contribution in [0, 0.1) is 28.1 Å². The molecule has 7 rings (SSSR count). The van der Waals surface area contributed by atoms with E-state index in [9.17, 15) is 48.4 Å². The van der Waals surface area contributed by atoms with Crippen LogP contribution in [0.3, 0.4) is 0 Å². The number of benzene rings is 2. The Morgan fingerprint density at radius 2 is 1.48 bits per heavy atom. The third-order valence-corrected chi connectivity index (χ3v) is 13.2. The molecule has 0 aromatic heterocycles. The van der Waals surface area contributed by atoms with Gasteiger partial charge in [0.2, 0.25) is 5.91 Å². The normalized spacial score (nSPS) is 21.5. The number of ketones is 1. The van der Waals surface area contributed by atoms with Crippen LogP contribution in [0.15, 0.2) is 125 Å². The lowest BCUT2D eigenvalue weighted by molar-refractivity contribution is -0.244. The van der Waals surface area contributed by atoms with Gasteiger partial charge in [0, 0.05) is 81.1 Å². The zero-order valence-corrected chi connectivity index (χ0v) is 50.2. The maximum Gasteiger partial charge on any atom is 0.329 e. The SMILES string of the molecule is CC.CC(=O)O.CC1=CC=CCC=C1.CN(CCC(=O)O)C(=O)/C=C\C=O.CNC.COC1C(=O)C2CCC3OCC3C2[C@H](OC=O)C2(O)CCC(C)=C1C2(C)C.COCC(=O)O.O=Cc1ccccc1.O=NC(=O)CCc1ccccc1. The summed E-state index contributed by atoms with van der Waals surface area (Å²) in [6.07, 6.45) is 17.3. The summed E-state index contributed by atoms with van der Waals surface area (Å²) in [5, 5.41) is 40.6. The van der Waals surface area contributed by atoms with Gasteiger partial charge in [-0.1, -0.05) is 130 Å². The molecular weight excluding hydrogens is 1070 g/mol. The van der Waals surface area contributed by atoms with E-state index in [-0.39, 0.29) is 61.5 Å². The van der Waals surface area contributed by atoms with Crippen LogP contribution in [0.25, 0.3) is 0 Å². The predicted octanol–water partition coefficient (Wildman–Crippen LogP) is 8.24. The molecule has 7 atom stereocenters. The third kappa shape index (κ3) is 28.9. The van der Waals surface area contributed by atoms with Crippen molar-refractivity contribution in [1.82, 2.24) is 10.2 Å². The highest BCUT2D eigenvalue weighted by Gasteiger charge is 2.65. The van der Waals surface area contributed by atoms with Crippen molar-refractivity contribution in [2.75, 3.05) is 55.1 Å². The molecule has 1 saturated heterocycles. The molecule has 2 aromatic carbocycles. The van der Waals surface area contributed by atoms with Crippen molar-refractivity contribution in [1.29, 1.82) is 0 Å². The number of carbonyl (C=O) groups excluding carboxylic acids is 6. The third-order valence-electron chi connectivity index (χ3n) is 13.2. The summed E-state index contributed by atoms with van der Waals surface area (Å²) in [6.45, 7) is 14.0. The van der Waals surface area contributed by atoms with E-state index in [2.05, 4.69) is 52.5 Å². The molecule has 0 radical (unpaired) electrons. The van der Waals surface area contributed by atoms with Gasteiger partial charge < -0.3 is 49.6 Å². The van der Waals surface area contributed by atoms with E-state index in [1.54, 1.807) is 19.2 Å². The van der Waals surface area contributed by atoms with Gasteiger partial charge in [-0.2, -0.15) is 0 Å². The van der Waals surface area contributed by atoms with Gasteiger partial charge in [0.25, 0.3) is 18.3 Å². The predicted molar refractivity (Wildman–Crippen MR) is 315 cm³/mol. The molecule has 83 heavy (non-hydrogen) atoms. The number of likely N-dealkylation sites (N-methyl/N-ethyl adjacent to an activating group) is 1. The zero-order valence-electron chi connectivity index (χ0n) is 50.2. The van der Waals surface area contributed by atoms with Crippen molar-refractivity contribution in [3.8, 4) is 0 Å². The number of methoxy groups -OCH3 is 2. The van der Waals surface area contributed by atoms with E-state index in [1.165, 1.54) is 24.6 Å². The fourth-order valence-corrected chi connectivity index (χ4v) is 9.30. The lowest BCUT2D eigenvalue weighted by Gasteiger charge is -2.60. The van der Waals surface area contributed by atoms with Crippen LogP contribution < -0.4 is 5.32 Å². The average Bonchev–Trinajstić information content (AvgIpc) is 3.69. The van der Waals surface area contributed by atoms with Crippen molar-refractivity contribution < 1.29 is 82.5 Å². The van der Waals surface area contributed by atoms with Crippen LogP contribution >= 0.6 is 0 Å². The van der Waals surface area contributed by atoms with Gasteiger partial charge >= 0.3 is 11.9 Å². The van der Waals surface area contributed by atoms with Crippen molar-refractivity contribution in [3.63, 3.8) is 0 Å². The average molecular weight is 1160 g/mol. The fourth-order valence-electron chi connectivity index (χ4n) is 9.30. The number of nitrogens with zero attached hydrogens (tertiary/aromatic N) is 2. The first-order valence-electron chi connectivity index (χ1n) is 27.1. The van der Waals surface area contributed by atoms with Gasteiger partial charge in [-0.3, -0.25) is 38.4 Å². The number of Topliss-reactive ketones (excluding diaryl/α,β-unsaturated/α-hetero) is 1. The number of carbonyl (C=O) groups is 9. The first kappa shape index (κ1) is 77.6. The smallest absolute Gasteiger partial charge is 0.329 e. The molecular formula is C62H89N3O18. The number of hydrogen-bond acceptors (Lipinski definition) is 16. The van der Waals surface area contributed by atoms with E-state index >= 15 is 0 Å². The van der Waals surface area contributed by atoms with Crippen LogP contribution in [-0.4, -0.2) is 159 Å². The highest BCUT2D eigenvalue weighted by Crippen LogP contribution is 2.58. The van der Waals surface area contributed by atoms with E-state index in [0.29, 0.717) is 45.0 Å². The van der Waals surface area contributed by atoms with Crippen molar-refractivity contribution >= 4 is 54.6 Å². The highest BCUT2D eigenvalue weighted by atomic mass is 16.5. The Morgan fingerprint density at radius 1 is 0.892 bits per heavy atom. The summed E-state index contributed by atoms with van der Waals surface area (Å²) >= 11 is 0. The van der Waals surface area contributed by atoms with Crippen molar-refractivity contribution in [3.05, 3.63) is 136 Å². The molecule has 5 N–H and O–H groups in total. The van der Waals surface area contributed by atoms with Gasteiger partial charge in [0.15, 0.2) is 5.78 Å². The van der Waals surface area contributed by atoms with Crippen molar-refractivity contribution in [2.45, 2.75) is 124 Å². The summed E-state index contributed by atoms with van der Waals surface area (Å²) in [5.41, 5.74) is 3.06. The minimum Gasteiger partial charge on any atom is -0.481 e. The van der Waals surface area contributed by atoms with Crippen LogP contribution in [0.5, 0.6) is 0 Å². The van der Waals surface area contributed by atoms with Crippen LogP contribution in [0.1, 0.15) is 109 Å². The van der Waals surface area contributed by atoms with E-state index < -0.39 is 47.0 Å². The summed E-state index contributed by atoms with van der Waals surface area (Å²) in [4.78, 5) is 106. The van der Waals surface area contributed by atoms with Gasteiger partial charge in [0.05, 0.1) is 19.1 Å². The second-order valence-electron chi connectivity index (χ2n) is 19.4. The second-order valence-corrected chi connectivity index (χ2v) is 19.4. The Balaban J connectivity index is 0. The Morgan fingerprint density at radius 3 is 1.94 bits per heavy atom. The van der Waals surface area contributed by atoms with E-state index in [0.717, 1.165) is 60.5 Å². The molecule has 2 aromatic rings. The van der Waals surface area contributed by atoms with Crippen molar-refractivity contribution in [2.24, 2.45) is 28.3 Å². The highest BCUT2D eigenvalue weighted by molar-refractivity contribution is 5.91. The Bertz CT molecular complexity index is 2450. The Labute approximate surface area is 488 Å². The standard InChI is InChI=1S/C21H30O6.C9H9NO2.C8H11NO4.C8H10.C7H6O.C3H6O3.C2H7N.C2H4O2.C2H6/c1-11-7-8-21(24)19(27-10-22)15-12(5-6-14-13(15)9-26-14)17(23)18(25-4)16(11)20(21,2)3;11-9(10-12)7-6-8-4-2-1-3-5-8;1-9(5-4-8(12)13)7(11)3-2-6-10;1-8-6-4-2-3-5-7-8;8-6-7-4-2-1-3-5-7;1-6-2-3(4)5;1-3-2;1-2(3)4;1-2/h10,12-15,18-19,24H,5-9H2,1-4H3;1-5H,6-7H2;2-3,6H,4-5H2,1H3,(H,12,13);2,4-7H,3H2,1H3;1-6H;2H2,1H3,(H,4,5);3H,1-2H3;1H3,(H,3,4);1-2H3/b;;3-2-;;;;;;/t12?,13?,14?,15?,18?,19-,21?;;;;;;;;/m0......../s1. The van der Waals surface area contributed by atoms with Crippen LogP contribution in [0.4, 0.5) is 0 Å². The second kappa shape index (κ2) is 44.2. The summed E-state index contributed by atoms with van der Waals surface area (Å²) in [5.74, 6) is -4.04. The first-order valence-corrected chi connectivity index (χ1v) is 27.1. The number of aryl methyl sites for hydroxylation is 1. The maximum absolute atomic E-state index is 13.6. The van der Waals surface area contributed by atoms with Crippen LogP contribution in [-0.2, 0) is 63.7 Å². The fraction of sp³-hybridized carbons (Fsp3) is 0.500. The molecule has 5 aliphatic rings. The number of ether oxygens (including phenoxy) is 4. The number of rotatable bonds is 14. The monoisotopic (exact) mass is 1160 g/mol. The summed E-state index contributed by atoms with van der Waals surface area (Å²) in [6, 6.07) is 18.6. The first-order chi connectivity index (χ1) is 39.4. The Hall–Kier alpha value is -7.43. The zero-order chi connectivity index (χ0) is 63.6. The number of nitroso groups, excluding NO2 is 1. The number of nitrogens with one attached hydrogen (secondary N) is 1. The molecule has 2 bridgehead atoms. The molecule has 4 aliphatic carbocycles. The number of carboxylic acids is 3. The molecule has 0 spiro atoms. The largest absolute Gasteiger partial charge is 0.481 e. The lowest BCUT2D eigenvalue weighted by atomic mass is 9.50. The van der Waals surface area contributed by atoms with E-state index in [1.807, 2.05) is 97.2 Å². The van der Waals surface area contributed by atoms with Gasteiger partial charge in [-0.05, 0) is 83.7 Å². The number of carboxylic acid groups (broad SMARTS) is 3. The molecule has 21 heteroatoms.